The second-order valence-corrected chi connectivity index (χ2v) is 8.37. The number of imidazole rings is 1. The second-order valence-electron chi connectivity index (χ2n) is 8.37. The largest absolute Gasteiger partial charge is 0.488 e. The van der Waals surface area contributed by atoms with E-state index < -0.39 is 0 Å². The summed E-state index contributed by atoms with van der Waals surface area (Å²) < 4.78 is 21.7. The van der Waals surface area contributed by atoms with E-state index in [0.717, 1.165) is 58.4 Å². The van der Waals surface area contributed by atoms with Crippen LogP contribution in [0.3, 0.4) is 0 Å². The van der Waals surface area contributed by atoms with Gasteiger partial charge in [-0.15, -0.1) is 0 Å². The maximum Gasteiger partial charge on any atom is 0.326 e. The highest BCUT2D eigenvalue weighted by molar-refractivity contribution is 5.95. The van der Waals surface area contributed by atoms with Gasteiger partial charge in [-0.05, 0) is 65.6 Å². The highest BCUT2D eigenvalue weighted by Gasteiger charge is 2.22. The molecule has 0 radical (unpaired) electrons. The molecular weight excluding hydrogens is 405 g/mol. The van der Waals surface area contributed by atoms with Crippen molar-refractivity contribution in [3.63, 3.8) is 0 Å². The molecule has 1 unspecified atom stereocenters. The summed E-state index contributed by atoms with van der Waals surface area (Å²) in [4.78, 5) is 15.7. The molecule has 2 aliphatic heterocycles. The van der Waals surface area contributed by atoms with Gasteiger partial charge in [-0.2, -0.15) is 0 Å². The van der Waals surface area contributed by atoms with E-state index in [9.17, 15) is 9.18 Å². The van der Waals surface area contributed by atoms with Gasteiger partial charge >= 0.3 is 5.69 Å². The normalized spacial score (nSPS) is 18.9. The minimum atomic E-state index is -0.323. The van der Waals surface area contributed by atoms with Gasteiger partial charge < -0.3 is 15.0 Å². The average molecular weight is 427 g/mol. The molecule has 0 saturated carbocycles. The molecule has 0 amide bonds. The monoisotopic (exact) mass is 427 g/mol. The van der Waals surface area contributed by atoms with Gasteiger partial charge in [-0.1, -0.05) is 30.3 Å². The van der Waals surface area contributed by atoms with Crippen molar-refractivity contribution in [1.29, 1.82) is 0 Å². The lowest BCUT2D eigenvalue weighted by atomic mass is 9.92. The number of ether oxygens (including phenoxy) is 1. The van der Waals surface area contributed by atoms with E-state index >= 15 is 0 Å². The van der Waals surface area contributed by atoms with Crippen molar-refractivity contribution >= 4 is 22.7 Å². The number of H-pyrrole nitrogens is 1. The van der Waals surface area contributed by atoms with Gasteiger partial charge in [0.25, 0.3) is 0 Å². The molecule has 0 spiro atoms. The Hall–Kier alpha value is -3.64. The molecule has 3 heterocycles. The Morgan fingerprint density at radius 2 is 1.97 bits per heavy atom. The van der Waals surface area contributed by atoms with E-state index in [0.29, 0.717) is 12.4 Å². The second kappa shape index (κ2) is 7.50. The SMILES string of the molecule is O=c1[nH]c2cc(/C=C3\c4ccccc4COc4cc(F)ccc43)ccc2n1C1CCNC1. The van der Waals surface area contributed by atoms with Crippen molar-refractivity contribution in [3.05, 3.63) is 99.2 Å². The van der Waals surface area contributed by atoms with Crippen molar-refractivity contribution in [2.45, 2.75) is 19.1 Å². The molecule has 0 bridgehead atoms. The van der Waals surface area contributed by atoms with E-state index in [2.05, 4.69) is 22.4 Å². The molecule has 4 aromatic rings. The van der Waals surface area contributed by atoms with Gasteiger partial charge in [0, 0.05) is 18.2 Å². The molecule has 1 fully saturated rings. The Morgan fingerprint density at radius 3 is 2.84 bits per heavy atom. The summed E-state index contributed by atoms with van der Waals surface area (Å²) in [5, 5.41) is 3.33. The van der Waals surface area contributed by atoms with Gasteiger partial charge in [0.1, 0.15) is 18.2 Å². The van der Waals surface area contributed by atoms with E-state index in [1.807, 2.05) is 41.0 Å². The van der Waals surface area contributed by atoms with Crippen LogP contribution in [0.4, 0.5) is 4.39 Å². The molecule has 6 rings (SSSR count). The molecule has 2 aliphatic rings. The van der Waals surface area contributed by atoms with Gasteiger partial charge in [0.05, 0.1) is 17.1 Å². The Labute approximate surface area is 184 Å². The predicted octanol–water partition coefficient (Wildman–Crippen LogP) is 4.48. The smallest absolute Gasteiger partial charge is 0.326 e. The van der Waals surface area contributed by atoms with Crippen molar-refractivity contribution in [3.8, 4) is 5.75 Å². The number of rotatable bonds is 2. The Kier molecular flexibility index (Phi) is 4.47. The first-order valence-electron chi connectivity index (χ1n) is 10.8. The number of nitrogens with zero attached hydrogens (tertiary/aromatic N) is 1. The van der Waals surface area contributed by atoms with E-state index in [1.54, 1.807) is 6.07 Å². The lowest BCUT2D eigenvalue weighted by molar-refractivity contribution is 0.305. The lowest BCUT2D eigenvalue weighted by Gasteiger charge is -2.12. The molecule has 0 aliphatic carbocycles. The zero-order valence-corrected chi connectivity index (χ0v) is 17.4. The number of hydrogen-bond donors (Lipinski definition) is 2. The number of nitrogens with one attached hydrogen (secondary N) is 2. The van der Waals surface area contributed by atoms with Gasteiger partial charge in [-0.25, -0.2) is 9.18 Å². The number of hydrogen-bond acceptors (Lipinski definition) is 3. The number of benzene rings is 3. The number of fused-ring (bicyclic) bond motifs is 3. The lowest BCUT2D eigenvalue weighted by Crippen LogP contribution is -2.23. The minimum Gasteiger partial charge on any atom is -0.488 e. The fourth-order valence-electron chi connectivity index (χ4n) is 4.83. The molecule has 160 valence electrons. The van der Waals surface area contributed by atoms with Gasteiger partial charge in [0.2, 0.25) is 0 Å². The zero-order valence-electron chi connectivity index (χ0n) is 17.4. The summed E-state index contributed by atoms with van der Waals surface area (Å²) in [7, 11) is 0. The van der Waals surface area contributed by atoms with E-state index in [-0.39, 0.29) is 17.5 Å². The van der Waals surface area contributed by atoms with Gasteiger partial charge in [-0.3, -0.25) is 4.57 Å². The van der Waals surface area contributed by atoms with Crippen molar-refractivity contribution in [1.82, 2.24) is 14.9 Å². The molecule has 2 N–H and O–H groups in total. The highest BCUT2D eigenvalue weighted by Crippen LogP contribution is 2.38. The third-order valence-electron chi connectivity index (χ3n) is 6.38. The number of halogens is 1. The summed E-state index contributed by atoms with van der Waals surface area (Å²) in [5.74, 6) is 0.206. The molecular formula is C26H22FN3O2. The minimum absolute atomic E-state index is 0.0764. The zero-order chi connectivity index (χ0) is 21.7. The van der Waals surface area contributed by atoms with Crippen LogP contribution in [0.25, 0.3) is 22.7 Å². The van der Waals surface area contributed by atoms with Crippen LogP contribution in [0.1, 0.15) is 34.7 Å². The quantitative estimate of drug-likeness (QED) is 0.496. The number of aromatic nitrogens is 2. The first-order chi connectivity index (χ1) is 15.7. The Balaban J connectivity index is 1.51. The van der Waals surface area contributed by atoms with Crippen molar-refractivity contribution in [2.75, 3.05) is 13.1 Å². The third kappa shape index (κ3) is 3.15. The topological polar surface area (TPSA) is 59.1 Å². The molecule has 32 heavy (non-hydrogen) atoms. The first kappa shape index (κ1) is 19.1. The van der Waals surface area contributed by atoms with Crippen LogP contribution < -0.4 is 15.7 Å². The van der Waals surface area contributed by atoms with Crippen LogP contribution in [-0.4, -0.2) is 22.6 Å². The summed E-state index contributed by atoms with van der Waals surface area (Å²) in [5.41, 5.74) is 6.52. The first-order valence-corrected chi connectivity index (χ1v) is 10.8. The molecule has 1 saturated heterocycles. The molecule has 3 aromatic carbocycles. The van der Waals surface area contributed by atoms with E-state index in [1.165, 1.54) is 12.1 Å². The Morgan fingerprint density at radius 1 is 1.06 bits per heavy atom. The van der Waals surface area contributed by atoms with E-state index in [4.69, 9.17) is 4.74 Å². The molecule has 1 aromatic heterocycles. The van der Waals surface area contributed by atoms with Crippen molar-refractivity contribution in [2.24, 2.45) is 0 Å². The standard InChI is InChI=1S/C26H22FN3O2/c27-18-6-7-21-22(20-4-2-1-3-17(20)15-32-25(21)13-18)11-16-5-8-24-23(12-16)29-26(31)30(24)19-9-10-28-14-19/h1-8,11-13,19,28H,9-10,14-15H2,(H,29,31)/b22-11+. The summed E-state index contributed by atoms with van der Waals surface area (Å²) in [6.45, 7) is 2.12. The third-order valence-corrected chi connectivity index (χ3v) is 6.38. The Bertz CT molecular complexity index is 1430. The van der Waals surface area contributed by atoms with Crippen LogP contribution >= 0.6 is 0 Å². The van der Waals surface area contributed by atoms with Crippen LogP contribution in [-0.2, 0) is 6.61 Å². The highest BCUT2D eigenvalue weighted by atomic mass is 19.1. The fraction of sp³-hybridized carbons (Fsp3) is 0.192. The predicted molar refractivity (Wildman–Crippen MR) is 123 cm³/mol. The molecule has 1 atom stereocenters. The summed E-state index contributed by atoms with van der Waals surface area (Å²) >= 11 is 0. The van der Waals surface area contributed by atoms with Crippen LogP contribution in [0.15, 0.2) is 65.5 Å². The van der Waals surface area contributed by atoms with Crippen LogP contribution in [0, 0.1) is 5.82 Å². The summed E-state index contributed by atoms with van der Waals surface area (Å²) in [6, 6.07) is 18.9. The summed E-state index contributed by atoms with van der Waals surface area (Å²) in [6.07, 6.45) is 3.03. The van der Waals surface area contributed by atoms with Gasteiger partial charge in [0.15, 0.2) is 0 Å². The number of aromatic amines is 1. The molecule has 6 heteroatoms. The maximum atomic E-state index is 13.9. The maximum absolute atomic E-state index is 13.9. The molecule has 5 nitrogen and oxygen atoms in total. The van der Waals surface area contributed by atoms with Crippen molar-refractivity contribution < 1.29 is 9.13 Å². The van der Waals surface area contributed by atoms with Crippen LogP contribution in [0.5, 0.6) is 5.75 Å². The average Bonchev–Trinajstić information content (AvgIpc) is 3.39. The van der Waals surface area contributed by atoms with Crippen LogP contribution in [0.2, 0.25) is 0 Å². The fourth-order valence-corrected chi connectivity index (χ4v) is 4.83.